The van der Waals surface area contributed by atoms with Gasteiger partial charge in [0, 0.05) is 5.56 Å². The van der Waals surface area contributed by atoms with Crippen LogP contribution >= 0.6 is 0 Å². The number of carbonyl (C=O) groups excluding carboxylic acids is 2. The molecule has 0 radical (unpaired) electrons. The quantitative estimate of drug-likeness (QED) is 0.681. The van der Waals surface area contributed by atoms with Crippen LogP contribution in [0.15, 0.2) is 48.5 Å². The van der Waals surface area contributed by atoms with Crippen molar-refractivity contribution >= 4 is 17.5 Å². The van der Waals surface area contributed by atoms with Crippen LogP contribution in [0.1, 0.15) is 47.1 Å². The zero-order valence-electron chi connectivity index (χ0n) is 18.1. The van der Waals surface area contributed by atoms with Crippen molar-refractivity contribution in [2.45, 2.75) is 26.2 Å². The van der Waals surface area contributed by atoms with Crippen molar-refractivity contribution in [3.8, 4) is 0 Å². The molecule has 1 heterocycles. The Morgan fingerprint density at radius 2 is 1.63 bits per heavy atom. The predicted molar refractivity (Wildman–Crippen MR) is 118 cm³/mol. The lowest BCUT2D eigenvalue weighted by Gasteiger charge is -2.23. The van der Waals surface area contributed by atoms with Crippen molar-refractivity contribution in [2.75, 3.05) is 44.7 Å². The van der Waals surface area contributed by atoms with E-state index in [0.29, 0.717) is 23.4 Å². The van der Waals surface area contributed by atoms with Crippen LogP contribution in [-0.4, -0.2) is 51.2 Å². The standard InChI is InChI=1S/C24H31N3O3/c1-24(2,3)19-10-8-18(9-11-19)22(28)26-21-7-5-4-6-20(21)23(29)25-12-13-27-14-16-30-17-15-27/h4-11H,12-17H2,1-3H3,(H,25,29)(H,26,28)/p+1. The highest BCUT2D eigenvalue weighted by molar-refractivity contribution is 6.09. The van der Waals surface area contributed by atoms with Crippen LogP contribution in [0.25, 0.3) is 0 Å². The molecule has 6 nitrogen and oxygen atoms in total. The maximum absolute atomic E-state index is 12.7. The third kappa shape index (κ3) is 5.90. The Kier molecular flexibility index (Phi) is 7.24. The van der Waals surface area contributed by atoms with Crippen LogP contribution in [0.4, 0.5) is 5.69 Å². The molecule has 0 atom stereocenters. The highest BCUT2D eigenvalue weighted by atomic mass is 16.5. The molecular formula is C24H32N3O3+. The van der Waals surface area contributed by atoms with Gasteiger partial charge >= 0.3 is 0 Å². The van der Waals surface area contributed by atoms with Gasteiger partial charge in [0.1, 0.15) is 13.1 Å². The first kappa shape index (κ1) is 22.0. The van der Waals surface area contributed by atoms with Crippen LogP contribution in [0.5, 0.6) is 0 Å². The maximum atomic E-state index is 12.7. The van der Waals surface area contributed by atoms with Gasteiger partial charge in [-0.1, -0.05) is 45.0 Å². The smallest absolute Gasteiger partial charge is 0.255 e. The van der Waals surface area contributed by atoms with Crippen molar-refractivity contribution in [3.05, 3.63) is 65.2 Å². The van der Waals surface area contributed by atoms with Gasteiger partial charge in [0.05, 0.1) is 37.6 Å². The average molecular weight is 411 g/mol. The second-order valence-corrected chi connectivity index (χ2v) is 8.70. The fourth-order valence-electron chi connectivity index (χ4n) is 3.46. The first-order chi connectivity index (χ1) is 14.3. The molecule has 1 aliphatic rings. The minimum absolute atomic E-state index is 0.0304. The zero-order valence-corrected chi connectivity index (χ0v) is 18.1. The largest absolute Gasteiger partial charge is 0.370 e. The molecule has 0 aliphatic carbocycles. The highest BCUT2D eigenvalue weighted by Gasteiger charge is 2.17. The van der Waals surface area contributed by atoms with E-state index in [4.69, 9.17) is 4.74 Å². The third-order valence-corrected chi connectivity index (χ3v) is 5.40. The Morgan fingerprint density at radius 1 is 0.967 bits per heavy atom. The molecule has 3 rings (SSSR count). The summed E-state index contributed by atoms with van der Waals surface area (Å²) >= 11 is 0. The minimum Gasteiger partial charge on any atom is -0.370 e. The fourth-order valence-corrected chi connectivity index (χ4v) is 3.46. The van der Waals surface area contributed by atoms with Crippen LogP contribution < -0.4 is 15.5 Å². The van der Waals surface area contributed by atoms with Gasteiger partial charge in [-0.3, -0.25) is 9.59 Å². The van der Waals surface area contributed by atoms with E-state index in [1.165, 1.54) is 10.5 Å². The van der Waals surface area contributed by atoms with Crippen LogP contribution in [-0.2, 0) is 10.2 Å². The third-order valence-electron chi connectivity index (χ3n) is 5.40. The number of benzene rings is 2. The number of amides is 2. The Hall–Kier alpha value is -2.70. The minimum atomic E-state index is -0.228. The van der Waals surface area contributed by atoms with Gasteiger partial charge in [-0.2, -0.15) is 0 Å². The van der Waals surface area contributed by atoms with Gasteiger partial charge in [0.2, 0.25) is 0 Å². The number of morpholine rings is 1. The Labute approximate surface area is 178 Å². The van der Waals surface area contributed by atoms with Gasteiger partial charge < -0.3 is 20.3 Å². The monoisotopic (exact) mass is 410 g/mol. The summed E-state index contributed by atoms with van der Waals surface area (Å²) in [6.45, 7) is 11.3. The first-order valence-electron chi connectivity index (χ1n) is 10.5. The molecule has 2 aromatic carbocycles. The lowest BCUT2D eigenvalue weighted by Crippen LogP contribution is -3.14. The van der Waals surface area contributed by atoms with Crippen LogP contribution in [0, 0.1) is 0 Å². The van der Waals surface area contributed by atoms with Gasteiger partial charge in [-0.15, -0.1) is 0 Å². The van der Waals surface area contributed by atoms with Crippen molar-refractivity contribution in [1.29, 1.82) is 0 Å². The van der Waals surface area contributed by atoms with Crippen molar-refractivity contribution < 1.29 is 19.2 Å². The molecule has 1 saturated heterocycles. The van der Waals surface area contributed by atoms with Gasteiger partial charge in [0.25, 0.3) is 11.8 Å². The normalized spacial score (nSPS) is 14.9. The molecule has 2 aromatic rings. The van der Waals surface area contributed by atoms with E-state index in [0.717, 1.165) is 32.8 Å². The number of quaternary nitrogens is 1. The van der Waals surface area contributed by atoms with E-state index in [2.05, 4.69) is 31.4 Å². The molecule has 1 fully saturated rings. The van der Waals surface area contributed by atoms with E-state index < -0.39 is 0 Å². The number of anilines is 1. The molecule has 2 amide bonds. The molecular weight excluding hydrogens is 378 g/mol. The van der Waals surface area contributed by atoms with Crippen molar-refractivity contribution in [2.24, 2.45) is 0 Å². The van der Waals surface area contributed by atoms with E-state index in [-0.39, 0.29) is 17.2 Å². The second kappa shape index (κ2) is 9.87. The van der Waals surface area contributed by atoms with Crippen molar-refractivity contribution in [3.63, 3.8) is 0 Å². The molecule has 0 saturated carbocycles. The lowest BCUT2D eigenvalue weighted by molar-refractivity contribution is -0.906. The maximum Gasteiger partial charge on any atom is 0.255 e. The molecule has 0 aromatic heterocycles. The Morgan fingerprint density at radius 3 is 2.30 bits per heavy atom. The average Bonchev–Trinajstić information content (AvgIpc) is 2.74. The summed E-state index contributed by atoms with van der Waals surface area (Å²) in [5, 5.41) is 5.86. The summed E-state index contributed by atoms with van der Waals surface area (Å²) in [5.41, 5.74) is 2.74. The number of carbonyl (C=O) groups is 2. The number of rotatable bonds is 6. The summed E-state index contributed by atoms with van der Waals surface area (Å²) in [7, 11) is 0. The first-order valence-corrected chi connectivity index (χ1v) is 10.5. The highest BCUT2D eigenvalue weighted by Crippen LogP contribution is 2.23. The SMILES string of the molecule is CC(C)(C)c1ccc(C(=O)Nc2ccccc2C(=O)NCC[NH+]2CCOCC2)cc1. The van der Waals surface area contributed by atoms with Gasteiger partial charge in [-0.05, 0) is 35.2 Å². The number of nitrogens with one attached hydrogen (secondary N) is 3. The number of hydrogen-bond donors (Lipinski definition) is 3. The summed E-state index contributed by atoms with van der Waals surface area (Å²) in [6, 6.07) is 14.7. The summed E-state index contributed by atoms with van der Waals surface area (Å²) in [4.78, 5) is 26.8. The van der Waals surface area contributed by atoms with E-state index in [9.17, 15) is 9.59 Å². The molecule has 1 aliphatic heterocycles. The van der Waals surface area contributed by atoms with E-state index >= 15 is 0 Å². The van der Waals surface area contributed by atoms with Gasteiger partial charge in [0.15, 0.2) is 0 Å². The van der Waals surface area contributed by atoms with E-state index in [1.807, 2.05) is 30.3 Å². The molecule has 0 bridgehead atoms. The Bertz CT molecular complexity index is 866. The van der Waals surface area contributed by atoms with Crippen molar-refractivity contribution in [1.82, 2.24) is 5.32 Å². The molecule has 6 heteroatoms. The van der Waals surface area contributed by atoms with E-state index in [1.54, 1.807) is 18.2 Å². The number of hydrogen-bond acceptors (Lipinski definition) is 3. The topological polar surface area (TPSA) is 71.9 Å². The molecule has 0 spiro atoms. The molecule has 0 unspecified atom stereocenters. The van der Waals surface area contributed by atoms with Crippen LogP contribution in [0.3, 0.4) is 0 Å². The number of para-hydroxylation sites is 1. The predicted octanol–water partition coefficient (Wildman–Crippen LogP) is 1.88. The molecule has 3 N–H and O–H groups in total. The summed E-state index contributed by atoms with van der Waals surface area (Å²) < 4.78 is 5.36. The summed E-state index contributed by atoms with van der Waals surface area (Å²) in [6.07, 6.45) is 0. The molecule has 30 heavy (non-hydrogen) atoms. The number of ether oxygens (including phenoxy) is 1. The molecule has 160 valence electrons. The second-order valence-electron chi connectivity index (χ2n) is 8.70. The zero-order chi connectivity index (χ0) is 21.6. The lowest BCUT2D eigenvalue weighted by atomic mass is 9.86. The Balaban J connectivity index is 1.61. The summed E-state index contributed by atoms with van der Waals surface area (Å²) in [5.74, 6) is -0.407. The van der Waals surface area contributed by atoms with Crippen LogP contribution in [0.2, 0.25) is 0 Å². The fraction of sp³-hybridized carbons (Fsp3) is 0.417. The van der Waals surface area contributed by atoms with Gasteiger partial charge in [-0.25, -0.2) is 0 Å².